The topological polar surface area (TPSA) is 95.9 Å². The molecule has 1 aliphatic rings. The minimum absolute atomic E-state index is 0.0178. The standard InChI is InChI=1S/C13H22N2O5/c1-20-12(17)9-14-10(13(18)19)5-6-11(16)15-7-3-2-4-8-15/h10,14H,2-9H2,1H3,(H,18,19)/t10-/m0/s1. The van der Waals surface area contributed by atoms with Crippen molar-refractivity contribution < 1.29 is 24.2 Å². The Kier molecular flexibility index (Phi) is 7.00. The molecule has 0 spiro atoms. The van der Waals surface area contributed by atoms with Crippen molar-refractivity contribution in [2.75, 3.05) is 26.7 Å². The molecule has 1 aliphatic heterocycles. The third-order valence-corrected chi connectivity index (χ3v) is 3.37. The molecule has 0 aliphatic carbocycles. The van der Waals surface area contributed by atoms with Gasteiger partial charge < -0.3 is 14.7 Å². The molecule has 1 rings (SSSR count). The first-order valence-electron chi connectivity index (χ1n) is 6.85. The minimum atomic E-state index is -1.07. The lowest BCUT2D eigenvalue weighted by atomic mass is 10.1. The summed E-state index contributed by atoms with van der Waals surface area (Å²) in [5.74, 6) is -1.62. The molecule has 0 saturated carbocycles. The number of carboxylic acids is 1. The Bertz CT molecular complexity index is 353. The Morgan fingerprint density at radius 1 is 1.25 bits per heavy atom. The van der Waals surface area contributed by atoms with E-state index < -0.39 is 18.0 Å². The van der Waals surface area contributed by atoms with Gasteiger partial charge in [-0.05, 0) is 25.7 Å². The fourth-order valence-electron chi connectivity index (χ4n) is 2.16. The third kappa shape index (κ3) is 5.56. The lowest BCUT2D eigenvalue weighted by Crippen LogP contribution is -2.42. The molecule has 7 heteroatoms. The second-order valence-corrected chi connectivity index (χ2v) is 4.83. The first-order chi connectivity index (χ1) is 9.54. The predicted octanol–water partition coefficient (Wildman–Crippen LogP) is -0.00510. The lowest BCUT2D eigenvalue weighted by Gasteiger charge is -2.27. The Morgan fingerprint density at radius 3 is 2.45 bits per heavy atom. The van der Waals surface area contributed by atoms with Gasteiger partial charge >= 0.3 is 11.9 Å². The number of carbonyl (C=O) groups excluding carboxylic acids is 2. The Hall–Kier alpha value is -1.63. The highest BCUT2D eigenvalue weighted by Gasteiger charge is 2.22. The van der Waals surface area contributed by atoms with Gasteiger partial charge in [0.15, 0.2) is 0 Å². The number of methoxy groups -OCH3 is 1. The van der Waals surface area contributed by atoms with Crippen LogP contribution in [0.4, 0.5) is 0 Å². The molecule has 0 aromatic heterocycles. The zero-order chi connectivity index (χ0) is 15.0. The number of aliphatic carboxylic acids is 1. The van der Waals surface area contributed by atoms with E-state index >= 15 is 0 Å². The molecule has 0 aromatic carbocycles. The zero-order valence-electron chi connectivity index (χ0n) is 11.8. The number of likely N-dealkylation sites (tertiary alicyclic amines) is 1. The number of amides is 1. The predicted molar refractivity (Wildman–Crippen MR) is 71.1 cm³/mol. The normalized spacial score (nSPS) is 16.6. The summed E-state index contributed by atoms with van der Waals surface area (Å²) in [4.78, 5) is 35.7. The summed E-state index contributed by atoms with van der Waals surface area (Å²) in [5.41, 5.74) is 0. The van der Waals surface area contributed by atoms with Crippen LogP contribution in [0.15, 0.2) is 0 Å². The number of hydrogen-bond acceptors (Lipinski definition) is 5. The number of rotatable bonds is 7. The number of hydrogen-bond donors (Lipinski definition) is 2. The van der Waals surface area contributed by atoms with E-state index in [-0.39, 0.29) is 25.3 Å². The van der Waals surface area contributed by atoms with Gasteiger partial charge in [-0.15, -0.1) is 0 Å². The Morgan fingerprint density at radius 2 is 1.90 bits per heavy atom. The summed E-state index contributed by atoms with van der Waals surface area (Å²) in [5, 5.41) is 11.6. The maximum Gasteiger partial charge on any atom is 0.320 e. The molecular weight excluding hydrogens is 264 g/mol. The fraction of sp³-hybridized carbons (Fsp3) is 0.769. The van der Waals surface area contributed by atoms with Crippen molar-refractivity contribution in [3.05, 3.63) is 0 Å². The van der Waals surface area contributed by atoms with Crippen LogP contribution in [0.1, 0.15) is 32.1 Å². The average molecular weight is 286 g/mol. The van der Waals surface area contributed by atoms with Crippen LogP contribution in [0.2, 0.25) is 0 Å². The molecule has 2 N–H and O–H groups in total. The third-order valence-electron chi connectivity index (χ3n) is 3.37. The summed E-state index contributed by atoms with van der Waals surface area (Å²) in [6.07, 6.45) is 3.50. The smallest absolute Gasteiger partial charge is 0.320 e. The SMILES string of the molecule is COC(=O)CN[C@@H](CCC(=O)N1CCCCC1)C(=O)O. The van der Waals surface area contributed by atoms with Crippen molar-refractivity contribution in [3.63, 3.8) is 0 Å². The molecule has 1 fully saturated rings. The van der Waals surface area contributed by atoms with Crippen LogP contribution in [-0.4, -0.2) is 60.6 Å². The first-order valence-corrected chi connectivity index (χ1v) is 6.85. The monoisotopic (exact) mass is 286 g/mol. The number of nitrogens with one attached hydrogen (secondary N) is 1. The van der Waals surface area contributed by atoms with Crippen LogP contribution < -0.4 is 5.32 Å². The van der Waals surface area contributed by atoms with E-state index in [1.807, 2.05) is 0 Å². The van der Waals surface area contributed by atoms with Gasteiger partial charge in [0.05, 0.1) is 13.7 Å². The summed E-state index contributed by atoms with van der Waals surface area (Å²) in [6.45, 7) is 1.34. The number of ether oxygens (including phenoxy) is 1. The maximum atomic E-state index is 11.9. The highest BCUT2D eigenvalue weighted by molar-refractivity contribution is 5.79. The summed E-state index contributed by atoms with van der Waals surface area (Å²) in [6, 6.07) is -0.914. The van der Waals surface area contributed by atoms with Crippen molar-refractivity contribution in [3.8, 4) is 0 Å². The van der Waals surface area contributed by atoms with Gasteiger partial charge in [0.25, 0.3) is 0 Å². The van der Waals surface area contributed by atoms with Crippen molar-refractivity contribution in [1.82, 2.24) is 10.2 Å². The first kappa shape index (κ1) is 16.4. The van der Waals surface area contributed by atoms with Gasteiger partial charge in [-0.1, -0.05) is 0 Å². The van der Waals surface area contributed by atoms with Crippen molar-refractivity contribution in [2.45, 2.75) is 38.1 Å². The summed E-state index contributed by atoms with van der Waals surface area (Å²) in [7, 11) is 1.24. The zero-order valence-corrected chi connectivity index (χ0v) is 11.8. The summed E-state index contributed by atoms with van der Waals surface area (Å²) >= 11 is 0. The Balaban J connectivity index is 2.35. The largest absolute Gasteiger partial charge is 0.480 e. The molecule has 0 bridgehead atoms. The van der Waals surface area contributed by atoms with Crippen molar-refractivity contribution in [1.29, 1.82) is 0 Å². The molecule has 1 saturated heterocycles. The molecule has 1 atom stereocenters. The second-order valence-electron chi connectivity index (χ2n) is 4.83. The van der Waals surface area contributed by atoms with Gasteiger partial charge in [0.2, 0.25) is 5.91 Å². The van der Waals surface area contributed by atoms with Crippen LogP contribution in [-0.2, 0) is 19.1 Å². The van der Waals surface area contributed by atoms with E-state index in [1.165, 1.54) is 7.11 Å². The Labute approximate surface area is 118 Å². The van der Waals surface area contributed by atoms with Crippen LogP contribution in [0.25, 0.3) is 0 Å². The number of piperidine rings is 1. The van der Waals surface area contributed by atoms with E-state index in [4.69, 9.17) is 5.11 Å². The number of carbonyl (C=O) groups is 3. The molecular formula is C13H22N2O5. The van der Waals surface area contributed by atoms with E-state index in [0.29, 0.717) is 0 Å². The van der Waals surface area contributed by atoms with Gasteiger partial charge in [0.1, 0.15) is 6.04 Å². The van der Waals surface area contributed by atoms with Crippen LogP contribution >= 0.6 is 0 Å². The van der Waals surface area contributed by atoms with Crippen LogP contribution in [0.3, 0.4) is 0 Å². The van der Waals surface area contributed by atoms with E-state index in [0.717, 1.165) is 32.4 Å². The average Bonchev–Trinajstić information content (AvgIpc) is 2.47. The van der Waals surface area contributed by atoms with E-state index in [9.17, 15) is 14.4 Å². The van der Waals surface area contributed by atoms with E-state index in [2.05, 4.69) is 10.1 Å². The molecule has 0 aromatic rings. The molecule has 20 heavy (non-hydrogen) atoms. The molecule has 114 valence electrons. The summed E-state index contributed by atoms with van der Waals surface area (Å²) < 4.78 is 4.43. The fourth-order valence-corrected chi connectivity index (χ4v) is 2.16. The van der Waals surface area contributed by atoms with Crippen molar-refractivity contribution in [2.24, 2.45) is 0 Å². The van der Waals surface area contributed by atoms with Crippen LogP contribution in [0.5, 0.6) is 0 Å². The molecule has 1 heterocycles. The maximum absolute atomic E-state index is 11.9. The number of esters is 1. The highest BCUT2D eigenvalue weighted by atomic mass is 16.5. The second kappa shape index (κ2) is 8.52. The van der Waals surface area contributed by atoms with Crippen LogP contribution in [0, 0.1) is 0 Å². The molecule has 0 unspecified atom stereocenters. The van der Waals surface area contributed by atoms with Gasteiger partial charge in [-0.2, -0.15) is 0 Å². The highest BCUT2D eigenvalue weighted by Crippen LogP contribution is 2.11. The van der Waals surface area contributed by atoms with Gasteiger partial charge in [0, 0.05) is 19.5 Å². The van der Waals surface area contributed by atoms with E-state index in [1.54, 1.807) is 4.90 Å². The van der Waals surface area contributed by atoms with Crippen molar-refractivity contribution >= 4 is 17.8 Å². The minimum Gasteiger partial charge on any atom is -0.480 e. The van der Waals surface area contributed by atoms with Gasteiger partial charge in [-0.3, -0.25) is 19.7 Å². The molecule has 0 radical (unpaired) electrons. The molecule has 7 nitrogen and oxygen atoms in total. The molecule has 1 amide bonds. The lowest BCUT2D eigenvalue weighted by molar-refractivity contribution is -0.141. The quantitative estimate of drug-likeness (QED) is 0.639. The van der Waals surface area contributed by atoms with Gasteiger partial charge in [-0.25, -0.2) is 0 Å². The number of nitrogens with zero attached hydrogens (tertiary/aromatic N) is 1. The number of carboxylic acid groups (broad SMARTS) is 1.